The summed E-state index contributed by atoms with van der Waals surface area (Å²) in [5, 5.41) is 0. The van der Waals surface area contributed by atoms with Crippen molar-refractivity contribution in [1.82, 2.24) is 4.90 Å². The molecule has 0 N–H and O–H groups in total. The van der Waals surface area contributed by atoms with E-state index in [9.17, 15) is 4.79 Å². The molecular weight excluding hydrogens is 278 g/mol. The van der Waals surface area contributed by atoms with Gasteiger partial charge in [0.25, 0.3) is 0 Å². The molecule has 0 bridgehead atoms. The number of benzene rings is 1. The zero-order valence-corrected chi connectivity index (χ0v) is 11.4. The fourth-order valence-electron chi connectivity index (χ4n) is 2.95. The molecule has 0 atom stereocenters. The van der Waals surface area contributed by atoms with E-state index in [-0.39, 0.29) is 0 Å². The monoisotopic (exact) mass is 293 g/mol. The SMILES string of the molecule is O=C(C1CCCC1)N1Cc2ccc(Br)cc2C1. The van der Waals surface area contributed by atoms with Gasteiger partial charge in [-0.05, 0) is 36.1 Å². The predicted molar refractivity (Wildman–Crippen MR) is 70.4 cm³/mol. The molecular formula is C14H16BrNO. The van der Waals surface area contributed by atoms with Crippen LogP contribution in [0.1, 0.15) is 36.8 Å². The number of hydrogen-bond donors (Lipinski definition) is 0. The molecule has 0 unspecified atom stereocenters. The third kappa shape index (κ3) is 2.13. The smallest absolute Gasteiger partial charge is 0.226 e. The second-order valence-electron chi connectivity index (χ2n) is 5.09. The van der Waals surface area contributed by atoms with Gasteiger partial charge in [-0.1, -0.05) is 34.8 Å². The highest BCUT2D eigenvalue weighted by Crippen LogP contribution is 2.31. The Hall–Kier alpha value is -0.830. The Kier molecular flexibility index (Phi) is 2.95. The Labute approximate surface area is 110 Å². The summed E-state index contributed by atoms with van der Waals surface area (Å²) in [5.41, 5.74) is 2.60. The van der Waals surface area contributed by atoms with Gasteiger partial charge in [-0.25, -0.2) is 0 Å². The number of fused-ring (bicyclic) bond motifs is 1. The van der Waals surface area contributed by atoms with Crippen LogP contribution in [-0.2, 0) is 17.9 Å². The Balaban J connectivity index is 1.75. The molecule has 0 aromatic heterocycles. The van der Waals surface area contributed by atoms with Crippen molar-refractivity contribution in [3.05, 3.63) is 33.8 Å². The van der Waals surface area contributed by atoms with Crippen LogP contribution in [0.4, 0.5) is 0 Å². The van der Waals surface area contributed by atoms with Crippen molar-refractivity contribution >= 4 is 21.8 Å². The normalized spacial score (nSPS) is 19.7. The number of carbonyl (C=O) groups is 1. The van der Waals surface area contributed by atoms with E-state index >= 15 is 0 Å². The van der Waals surface area contributed by atoms with Crippen LogP contribution in [0.25, 0.3) is 0 Å². The molecule has 3 heteroatoms. The van der Waals surface area contributed by atoms with E-state index < -0.39 is 0 Å². The lowest BCUT2D eigenvalue weighted by atomic mass is 10.1. The molecule has 0 spiro atoms. The minimum atomic E-state index is 0.299. The van der Waals surface area contributed by atoms with Gasteiger partial charge in [-0.3, -0.25) is 4.79 Å². The number of halogens is 1. The van der Waals surface area contributed by atoms with E-state index in [0.29, 0.717) is 11.8 Å². The molecule has 2 nitrogen and oxygen atoms in total. The quantitative estimate of drug-likeness (QED) is 0.776. The molecule has 1 aliphatic heterocycles. The predicted octanol–water partition coefficient (Wildman–Crippen LogP) is 3.48. The topological polar surface area (TPSA) is 20.3 Å². The highest BCUT2D eigenvalue weighted by atomic mass is 79.9. The van der Waals surface area contributed by atoms with Gasteiger partial charge in [0.15, 0.2) is 0 Å². The van der Waals surface area contributed by atoms with Crippen LogP contribution >= 0.6 is 15.9 Å². The van der Waals surface area contributed by atoms with Crippen molar-refractivity contribution in [1.29, 1.82) is 0 Å². The lowest BCUT2D eigenvalue weighted by molar-refractivity contribution is -0.135. The molecule has 2 aliphatic rings. The van der Waals surface area contributed by atoms with Crippen LogP contribution in [0.5, 0.6) is 0 Å². The van der Waals surface area contributed by atoms with Crippen LogP contribution in [0.2, 0.25) is 0 Å². The first-order valence-corrected chi connectivity index (χ1v) is 7.09. The average molecular weight is 294 g/mol. The van der Waals surface area contributed by atoms with Crippen LogP contribution in [0, 0.1) is 5.92 Å². The summed E-state index contributed by atoms with van der Waals surface area (Å²) in [6, 6.07) is 6.32. The standard InChI is InChI=1S/C14H16BrNO/c15-13-6-5-11-8-16(9-12(11)7-13)14(17)10-3-1-2-4-10/h5-7,10H,1-4,8-9H2. The number of hydrogen-bond acceptors (Lipinski definition) is 1. The molecule has 1 amide bonds. The molecule has 0 radical (unpaired) electrons. The first kappa shape index (κ1) is 11.3. The molecule has 17 heavy (non-hydrogen) atoms. The Morgan fingerprint density at radius 3 is 2.65 bits per heavy atom. The van der Waals surface area contributed by atoms with Crippen LogP contribution < -0.4 is 0 Å². The van der Waals surface area contributed by atoms with Gasteiger partial charge in [-0.2, -0.15) is 0 Å². The van der Waals surface area contributed by atoms with Gasteiger partial charge in [0.2, 0.25) is 5.91 Å². The van der Waals surface area contributed by atoms with Crippen molar-refractivity contribution in [2.24, 2.45) is 5.92 Å². The number of carbonyl (C=O) groups excluding carboxylic acids is 1. The molecule has 1 fully saturated rings. The van der Waals surface area contributed by atoms with Crippen molar-refractivity contribution in [3.8, 4) is 0 Å². The first-order chi connectivity index (χ1) is 8.24. The van der Waals surface area contributed by atoms with E-state index in [2.05, 4.69) is 34.1 Å². The number of nitrogens with zero attached hydrogens (tertiary/aromatic N) is 1. The molecule has 1 heterocycles. The minimum Gasteiger partial charge on any atom is -0.334 e. The van der Waals surface area contributed by atoms with E-state index in [1.165, 1.54) is 24.0 Å². The molecule has 1 aromatic rings. The van der Waals surface area contributed by atoms with Crippen molar-refractivity contribution in [3.63, 3.8) is 0 Å². The van der Waals surface area contributed by atoms with Crippen molar-refractivity contribution < 1.29 is 4.79 Å². The molecule has 1 aliphatic carbocycles. The third-order valence-electron chi connectivity index (χ3n) is 3.91. The van der Waals surface area contributed by atoms with Gasteiger partial charge < -0.3 is 4.90 Å². The fourth-order valence-corrected chi connectivity index (χ4v) is 3.36. The number of rotatable bonds is 1. The van der Waals surface area contributed by atoms with Gasteiger partial charge in [0, 0.05) is 23.5 Å². The summed E-state index contributed by atoms with van der Waals surface area (Å²) in [6.45, 7) is 1.60. The lowest BCUT2D eigenvalue weighted by Gasteiger charge is -2.19. The number of amides is 1. The molecule has 0 saturated heterocycles. The van der Waals surface area contributed by atoms with Crippen LogP contribution in [0.3, 0.4) is 0 Å². The maximum atomic E-state index is 12.3. The molecule has 1 saturated carbocycles. The highest BCUT2D eigenvalue weighted by molar-refractivity contribution is 9.10. The van der Waals surface area contributed by atoms with E-state index in [4.69, 9.17) is 0 Å². The Morgan fingerprint density at radius 2 is 1.88 bits per heavy atom. The summed E-state index contributed by atoms with van der Waals surface area (Å²) in [6.07, 6.45) is 4.64. The molecule has 1 aromatic carbocycles. The maximum Gasteiger partial charge on any atom is 0.226 e. The highest BCUT2D eigenvalue weighted by Gasteiger charge is 2.30. The Morgan fingerprint density at radius 1 is 1.18 bits per heavy atom. The van der Waals surface area contributed by atoms with E-state index in [1.54, 1.807) is 0 Å². The average Bonchev–Trinajstić information content (AvgIpc) is 2.96. The summed E-state index contributed by atoms with van der Waals surface area (Å²) in [5.74, 6) is 0.669. The summed E-state index contributed by atoms with van der Waals surface area (Å²) in [7, 11) is 0. The summed E-state index contributed by atoms with van der Waals surface area (Å²) in [4.78, 5) is 14.3. The van der Waals surface area contributed by atoms with Crippen LogP contribution in [0.15, 0.2) is 22.7 Å². The minimum absolute atomic E-state index is 0.299. The summed E-state index contributed by atoms with van der Waals surface area (Å²) >= 11 is 3.48. The second-order valence-corrected chi connectivity index (χ2v) is 6.00. The Bertz CT molecular complexity index is 452. The van der Waals surface area contributed by atoms with Gasteiger partial charge in [0.1, 0.15) is 0 Å². The zero-order valence-electron chi connectivity index (χ0n) is 9.79. The zero-order chi connectivity index (χ0) is 11.8. The van der Waals surface area contributed by atoms with E-state index in [1.807, 2.05) is 4.90 Å². The van der Waals surface area contributed by atoms with Crippen molar-refractivity contribution in [2.75, 3.05) is 0 Å². The molecule has 3 rings (SSSR count). The largest absolute Gasteiger partial charge is 0.334 e. The van der Waals surface area contributed by atoms with Crippen LogP contribution in [-0.4, -0.2) is 10.8 Å². The van der Waals surface area contributed by atoms with Gasteiger partial charge >= 0.3 is 0 Å². The lowest BCUT2D eigenvalue weighted by Crippen LogP contribution is -2.30. The molecule has 90 valence electrons. The third-order valence-corrected chi connectivity index (χ3v) is 4.40. The van der Waals surface area contributed by atoms with Crippen molar-refractivity contribution in [2.45, 2.75) is 38.8 Å². The summed E-state index contributed by atoms with van der Waals surface area (Å²) < 4.78 is 1.10. The second kappa shape index (κ2) is 4.45. The van der Waals surface area contributed by atoms with Gasteiger partial charge in [0.05, 0.1) is 0 Å². The van der Waals surface area contributed by atoms with E-state index in [0.717, 1.165) is 30.4 Å². The first-order valence-electron chi connectivity index (χ1n) is 6.30. The van der Waals surface area contributed by atoms with Gasteiger partial charge in [-0.15, -0.1) is 0 Å². The fraction of sp³-hybridized carbons (Fsp3) is 0.500. The maximum absolute atomic E-state index is 12.3.